The minimum Gasteiger partial charge on any atom is -0.444 e. The third-order valence-corrected chi connectivity index (χ3v) is 5.30. The van der Waals surface area contributed by atoms with E-state index in [0.717, 1.165) is 32.4 Å². The van der Waals surface area contributed by atoms with Gasteiger partial charge in [-0.05, 0) is 66.0 Å². The van der Waals surface area contributed by atoms with E-state index in [1.54, 1.807) is 4.90 Å². The number of amides is 2. The number of rotatable bonds is 2. The molecule has 0 bridgehead atoms. The predicted molar refractivity (Wildman–Crippen MR) is 91.8 cm³/mol. The number of hydrogen-bond donors (Lipinski definition) is 0. The van der Waals surface area contributed by atoms with Gasteiger partial charge < -0.3 is 9.64 Å². The monoisotopic (exact) mass is 337 g/mol. The molecule has 3 aliphatic rings. The zero-order valence-corrected chi connectivity index (χ0v) is 15.3. The van der Waals surface area contributed by atoms with E-state index in [0.29, 0.717) is 12.6 Å². The summed E-state index contributed by atoms with van der Waals surface area (Å²) in [6.45, 7) is 10.2. The highest BCUT2D eigenvalue weighted by atomic mass is 16.6. The second-order valence-corrected chi connectivity index (χ2v) is 8.30. The van der Waals surface area contributed by atoms with E-state index < -0.39 is 5.60 Å². The Labute approximate surface area is 145 Å². The first-order valence-corrected chi connectivity index (χ1v) is 9.37. The van der Waals surface area contributed by atoms with Gasteiger partial charge in [-0.2, -0.15) is 0 Å². The maximum Gasteiger partial charge on any atom is 0.410 e. The van der Waals surface area contributed by atoms with Gasteiger partial charge in [0.1, 0.15) is 11.6 Å². The van der Waals surface area contributed by atoms with E-state index >= 15 is 0 Å². The Morgan fingerprint density at radius 1 is 0.958 bits per heavy atom. The topological polar surface area (TPSA) is 53.1 Å². The predicted octanol–water partition coefficient (Wildman–Crippen LogP) is 2.08. The molecule has 3 saturated heterocycles. The normalized spacial score (nSPS) is 28.6. The smallest absolute Gasteiger partial charge is 0.410 e. The second-order valence-electron chi connectivity index (χ2n) is 8.30. The Hall–Kier alpha value is -1.30. The fraction of sp³-hybridized carbons (Fsp3) is 0.889. The minimum absolute atomic E-state index is 0.111. The number of carbonyl (C=O) groups excluding carboxylic acids is 2. The molecule has 3 rings (SSSR count). The van der Waals surface area contributed by atoms with Crippen LogP contribution in [-0.4, -0.2) is 77.1 Å². The SMILES string of the molecule is CC(C)(C)OC(=O)N1CCC[C@@H]1C(=O)N1CCC(N2CCCC2)C1. The highest BCUT2D eigenvalue weighted by Crippen LogP contribution is 2.26. The molecule has 0 aromatic rings. The third-order valence-electron chi connectivity index (χ3n) is 5.30. The van der Waals surface area contributed by atoms with Crippen molar-refractivity contribution in [3.63, 3.8) is 0 Å². The van der Waals surface area contributed by atoms with E-state index in [2.05, 4.69) is 4.90 Å². The van der Waals surface area contributed by atoms with Crippen LogP contribution < -0.4 is 0 Å². The Kier molecular flexibility index (Phi) is 5.04. The summed E-state index contributed by atoms with van der Waals surface area (Å²) >= 11 is 0. The van der Waals surface area contributed by atoms with Crippen LogP contribution in [-0.2, 0) is 9.53 Å². The van der Waals surface area contributed by atoms with Crippen LogP contribution in [0.25, 0.3) is 0 Å². The number of nitrogens with zero attached hydrogens (tertiary/aromatic N) is 3. The average Bonchev–Trinajstić information content (AvgIpc) is 3.24. The van der Waals surface area contributed by atoms with Crippen molar-refractivity contribution in [3.8, 4) is 0 Å². The third kappa shape index (κ3) is 3.85. The van der Waals surface area contributed by atoms with Gasteiger partial charge in [0.2, 0.25) is 5.91 Å². The first-order chi connectivity index (χ1) is 11.3. The maximum absolute atomic E-state index is 12.9. The fourth-order valence-corrected chi connectivity index (χ4v) is 4.12. The molecule has 0 aliphatic carbocycles. The lowest BCUT2D eigenvalue weighted by Crippen LogP contribution is -2.49. The van der Waals surface area contributed by atoms with Gasteiger partial charge in [0, 0.05) is 25.7 Å². The van der Waals surface area contributed by atoms with E-state index in [1.807, 2.05) is 25.7 Å². The Bertz CT molecular complexity index is 482. The molecule has 3 heterocycles. The molecule has 24 heavy (non-hydrogen) atoms. The lowest BCUT2D eigenvalue weighted by atomic mass is 10.2. The van der Waals surface area contributed by atoms with Crippen molar-refractivity contribution in [2.45, 2.75) is 70.6 Å². The number of ether oxygens (including phenoxy) is 1. The van der Waals surface area contributed by atoms with Crippen molar-refractivity contribution in [2.24, 2.45) is 0 Å². The molecule has 2 amide bonds. The van der Waals surface area contributed by atoms with Crippen LogP contribution in [0.2, 0.25) is 0 Å². The second kappa shape index (κ2) is 6.90. The van der Waals surface area contributed by atoms with Crippen molar-refractivity contribution < 1.29 is 14.3 Å². The Morgan fingerprint density at radius 2 is 1.67 bits per heavy atom. The molecule has 0 aromatic carbocycles. The molecular weight excluding hydrogens is 306 g/mol. The van der Waals surface area contributed by atoms with Crippen molar-refractivity contribution in [1.82, 2.24) is 14.7 Å². The van der Waals surface area contributed by atoms with Gasteiger partial charge in [-0.3, -0.25) is 14.6 Å². The van der Waals surface area contributed by atoms with Gasteiger partial charge in [0.05, 0.1) is 0 Å². The molecule has 136 valence electrons. The molecular formula is C18H31N3O3. The van der Waals surface area contributed by atoms with Gasteiger partial charge >= 0.3 is 6.09 Å². The van der Waals surface area contributed by atoms with E-state index in [-0.39, 0.29) is 18.0 Å². The number of likely N-dealkylation sites (tertiary alicyclic amines) is 3. The van der Waals surface area contributed by atoms with Crippen LogP contribution in [0.1, 0.15) is 52.9 Å². The Morgan fingerprint density at radius 3 is 2.33 bits per heavy atom. The summed E-state index contributed by atoms with van der Waals surface area (Å²) in [5.41, 5.74) is -0.526. The average molecular weight is 337 g/mol. The molecule has 6 heteroatoms. The summed E-state index contributed by atoms with van der Waals surface area (Å²) < 4.78 is 5.48. The summed E-state index contributed by atoms with van der Waals surface area (Å²) in [6.07, 6.45) is 4.89. The van der Waals surface area contributed by atoms with Crippen LogP contribution in [0.5, 0.6) is 0 Å². The van der Waals surface area contributed by atoms with Crippen LogP contribution in [0, 0.1) is 0 Å². The summed E-state index contributed by atoms with van der Waals surface area (Å²) in [5, 5.41) is 0. The standard InChI is InChI=1S/C18H31N3O3/c1-18(2,3)24-17(23)21-11-6-7-15(21)16(22)20-12-8-14(13-20)19-9-4-5-10-19/h14-15H,4-13H2,1-3H3/t14?,15-/m1/s1. The van der Waals surface area contributed by atoms with Crippen molar-refractivity contribution in [2.75, 3.05) is 32.7 Å². The van der Waals surface area contributed by atoms with Gasteiger partial charge in [0.15, 0.2) is 0 Å². The lowest BCUT2D eigenvalue weighted by molar-refractivity contribution is -0.135. The largest absolute Gasteiger partial charge is 0.444 e. The summed E-state index contributed by atoms with van der Waals surface area (Å²) in [5.74, 6) is 0.111. The molecule has 0 radical (unpaired) electrons. The van der Waals surface area contributed by atoms with Crippen LogP contribution in [0.3, 0.4) is 0 Å². The van der Waals surface area contributed by atoms with Crippen molar-refractivity contribution >= 4 is 12.0 Å². The summed E-state index contributed by atoms with van der Waals surface area (Å²) in [4.78, 5) is 31.5. The summed E-state index contributed by atoms with van der Waals surface area (Å²) in [6, 6.07) is 0.171. The highest BCUT2D eigenvalue weighted by molar-refractivity contribution is 5.86. The fourth-order valence-electron chi connectivity index (χ4n) is 4.12. The molecule has 1 unspecified atom stereocenters. The quantitative estimate of drug-likeness (QED) is 0.774. The van der Waals surface area contributed by atoms with Crippen LogP contribution in [0.15, 0.2) is 0 Å². The zero-order valence-electron chi connectivity index (χ0n) is 15.3. The molecule has 0 N–H and O–H groups in total. The van der Waals surface area contributed by atoms with Crippen molar-refractivity contribution in [3.05, 3.63) is 0 Å². The van der Waals surface area contributed by atoms with Gasteiger partial charge in [-0.15, -0.1) is 0 Å². The number of carbonyl (C=O) groups is 2. The zero-order chi connectivity index (χ0) is 17.3. The highest BCUT2D eigenvalue weighted by Gasteiger charge is 2.41. The molecule has 0 saturated carbocycles. The number of hydrogen-bond acceptors (Lipinski definition) is 4. The molecule has 0 aromatic heterocycles. The maximum atomic E-state index is 12.9. The summed E-state index contributed by atoms with van der Waals surface area (Å²) in [7, 11) is 0. The molecule has 6 nitrogen and oxygen atoms in total. The van der Waals surface area contributed by atoms with Crippen LogP contribution >= 0.6 is 0 Å². The minimum atomic E-state index is -0.526. The lowest BCUT2D eigenvalue weighted by Gasteiger charge is -2.30. The van der Waals surface area contributed by atoms with E-state index in [9.17, 15) is 9.59 Å². The molecule has 0 spiro atoms. The van der Waals surface area contributed by atoms with Gasteiger partial charge in [-0.1, -0.05) is 0 Å². The Balaban J connectivity index is 1.58. The van der Waals surface area contributed by atoms with E-state index in [4.69, 9.17) is 4.74 Å². The molecule has 3 fully saturated rings. The van der Waals surface area contributed by atoms with Crippen molar-refractivity contribution in [1.29, 1.82) is 0 Å². The first kappa shape index (κ1) is 17.5. The molecule has 2 atom stereocenters. The van der Waals surface area contributed by atoms with Gasteiger partial charge in [-0.25, -0.2) is 4.79 Å². The van der Waals surface area contributed by atoms with Gasteiger partial charge in [0.25, 0.3) is 0 Å². The van der Waals surface area contributed by atoms with E-state index in [1.165, 1.54) is 25.9 Å². The van der Waals surface area contributed by atoms with Crippen LogP contribution in [0.4, 0.5) is 4.79 Å². The first-order valence-electron chi connectivity index (χ1n) is 9.37. The molecule has 3 aliphatic heterocycles.